The Morgan fingerprint density at radius 1 is 0.353 bits per heavy atom. The largest absolute Gasteiger partial charge is 0.263 e. The topological polar surface area (TPSA) is 67.7 Å². The van der Waals surface area contributed by atoms with Crippen LogP contribution in [-0.2, 0) is 0 Å². The summed E-state index contributed by atoms with van der Waals surface area (Å²) in [4.78, 5) is 28.6. The van der Waals surface area contributed by atoms with Crippen LogP contribution in [-0.4, -0.2) is 24.9 Å². The van der Waals surface area contributed by atoms with Crippen molar-refractivity contribution in [3.05, 3.63) is 250 Å². The molecule has 2 heterocycles. The van der Waals surface area contributed by atoms with E-state index in [1.54, 1.807) is 0 Å². The first-order valence-electron chi connectivity index (χ1n) is 23.2. The van der Waals surface area contributed by atoms with E-state index in [0.29, 0.717) is 29.2 Å². The summed E-state index contributed by atoms with van der Waals surface area (Å²) in [7, 11) is 0. The number of benzene rings is 8. The van der Waals surface area contributed by atoms with Gasteiger partial charge in [0, 0.05) is 34.2 Å². The minimum absolute atomic E-state index is 0.00457. The molecule has 0 amide bonds. The molecule has 0 saturated carbocycles. The first-order chi connectivity index (χ1) is 33.2. The third-order valence-electron chi connectivity index (χ3n) is 12.7. The molecule has 0 N–H and O–H groups in total. The summed E-state index contributed by atoms with van der Waals surface area (Å²) in [6, 6.07) is 69.4. The minimum atomic E-state index is -0.00457. The highest BCUT2D eigenvalue weighted by atomic mass is 15.3. The molecule has 330 valence electrons. The van der Waals surface area contributed by atoms with Crippen LogP contribution in [0.1, 0.15) is 56.0 Å². The lowest BCUT2D eigenvalue weighted by molar-refractivity contribution is 0.918. The van der Waals surface area contributed by atoms with E-state index in [9.17, 15) is 0 Å². The van der Waals surface area contributed by atoms with E-state index >= 15 is 0 Å². The van der Waals surface area contributed by atoms with Gasteiger partial charge in [0.25, 0.3) is 0 Å². The monoisotopic (exact) mass is 880 g/mol. The molecule has 0 bridgehead atoms. The lowest BCUT2D eigenvalue weighted by atomic mass is 9.77. The molecule has 0 atom stereocenters. The summed E-state index contributed by atoms with van der Waals surface area (Å²) in [5.41, 5.74) is 18.8. The van der Waals surface area contributed by atoms with Gasteiger partial charge in [0.05, 0.1) is 11.4 Å². The zero-order valence-electron chi connectivity index (χ0n) is 39.3. The highest BCUT2D eigenvalue weighted by molar-refractivity contribution is 5.83. The van der Waals surface area contributed by atoms with Crippen LogP contribution in [0.5, 0.6) is 0 Å². The fourth-order valence-electron chi connectivity index (χ4n) is 9.81. The Labute approximate surface area is 399 Å². The number of rotatable bonds is 11. The predicted molar refractivity (Wildman–Crippen MR) is 280 cm³/mol. The quantitative estimate of drug-likeness (QED) is 0.121. The van der Waals surface area contributed by atoms with E-state index in [0.717, 1.165) is 44.8 Å². The molecule has 0 aliphatic heterocycles. The van der Waals surface area contributed by atoms with Crippen molar-refractivity contribution in [3.8, 4) is 56.5 Å². The molecule has 8 aromatic carbocycles. The highest BCUT2D eigenvalue weighted by Gasteiger charge is 2.27. The van der Waals surface area contributed by atoms with E-state index in [1.807, 2.05) is 97.1 Å². The van der Waals surface area contributed by atoms with E-state index in [1.165, 1.54) is 50.1 Å². The zero-order chi connectivity index (χ0) is 46.7. The molecule has 0 spiro atoms. The van der Waals surface area contributed by atoms with Crippen molar-refractivity contribution in [2.75, 3.05) is 4.90 Å². The molecule has 10 rings (SSSR count). The summed E-state index contributed by atoms with van der Waals surface area (Å²) < 4.78 is 0. The fraction of sp³-hybridized carbons (Fsp3) is 0.113. The van der Waals surface area contributed by atoms with Crippen molar-refractivity contribution in [2.24, 2.45) is 0 Å². The molecule has 0 unspecified atom stereocenters. The average molecular weight is 881 g/mol. The molecule has 0 radical (unpaired) electrons. The Balaban J connectivity index is 1.24. The fourth-order valence-corrected chi connectivity index (χ4v) is 9.81. The predicted octanol–water partition coefficient (Wildman–Crippen LogP) is 15.5. The maximum absolute atomic E-state index is 5.43. The number of aromatic nitrogens is 5. The van der Waals surface area contributed by atoms with Crippen molar-refractivity contribution in [1.82, 2.24) is 24.9 Å². The Morgan fingerprint density at radius 3 is 1.29 bits per heavy atom. The molecule has 0 saturated heterocycles. The van der Waals surface area contributed by atoms with Crippen molar-refractivity contribution in [1.29, 1.82) is 0 Å². The van der Waals surface area contributed by atoms with Crippen molar-refractivity contribution >= 4 is 17.5 Å². The Kier molecular flexibility index (Phi) is 12.1. The summed E-state index contributed by atoms with van der Waals surface area (Å²) in [5, 5.41) is 0. The van der Waals surface area contributed by atoms with Crippen LogP contribution >= 0.6 is 0 Å². The van der Waals surface area contributed by atoms with E-state index in [-0.39, 0.29) is 5.92 Å². The standard InChI is InChI=1S/C62H52N6/c1-40-35-42(3)56(43(4)36-40)58(57-44(5)37-41(2)38-45(57)6)48-31-33-51(34-32-48)68(55-39-54(47-23-13-8-14-24-47)63-59(64-55)49-25-15-9-16-26-49)62-66-60(50-27-17-10-18-28-50)65-61(67-62)53-30-20-19-29-52(53)46-21-11-7-12-22-46/h7-39,58H,1-6H3. The normalized spacial score (nSPS) is 11.2. The molecule has 6 heteroatoms. The maximum Gasteiger partial charge on any atom is 0.239 e. The van der Waals surface area contributed by atoms with Gasteiger partial charge in [-0.25, -0.2) is 15.0 Å². The lowest BCUT2D eigenvalue weighted by Crippen LogP contribution is -2.18. The zero-order valence-corrected chi connectivity index (χ0v) is 39.3. The molecular formula is C62H52N6. The van der Waals surface area contributed by atoms with E-state index < -0.39 is 0 Å². The third kappa shape index (κ3) is 8.84. The lowest BCUT2D eigenvalue weighted by Gasteiger charge is -2.28. The van der Waals surface area contributed by atoms with Gasteiger partial charge < -0.3 is 0 Å². The van der Waals surface area contributed by atoms with Crippen molar-refractivity contribution < 1.29 is 0 Å². The van der Waals surface area contributed by atoms with Crippen molar-refractivity contribution in [2.45, 2.75) is 47.5 Å². The number of anilines is 3. The molecule has 10 aromatic rings. The Hall–Kier alpha value is -8.35. The molecular weight excluding hydrogens is 829 g/mol. The van der Waals surface area contributed by atoms with E-state index in [2.05, 4.69) is 150 Å². The number of hydrogen-bond acceptors (Lipinski definition) is 6. The number of hydrogen-bond donors (Lipinski definition) is 0. The minimum Gasteiger partial charge on any atom is -0.263 e. The first kappa shape index (κ1) is 43.5. The van der Waals surface area contributed by atoms with Crippen LogP contribution in [0.25, 0.3) is 56.5 Å². The van der Waals surface area contributed by atoms with Gasteiger partial charge in [-0.15, -0.1) is 0 Å². The molecule has 2 aromatic heterocycles. The first-order valence-corrected chi connectivity index (χ1v) is 23.2. The Morgan fingerprint density at radius 2 is 0.779 bits per heavy atom. The van der Waals surface area contributed by atoms with Crippen LogP contribution in [0.3, 0.4) is 0 Å². The van der Waals surface area contributed by atoms with E-state index in [4.69, 9.17) is 24.9 Å². The van der Waals surface area contributed by atoms with Crippen LogP contribution in [0, 0.1) is 41.5 Å². The van der Waals surface area contributed by atoms with Gasteiger partial charge in [0.1, 0.15) is 5.82 Å². The second-order valence-corrected chi connectivity index (χ2v) is 17.7. The number of nitrogens with zero attached hydrogens (tertiary/aromatic N) is 6. The maximum atomic E-state index is 5.43. The van der Waals surface area contributed by atoms with Gasteiger partial charge in [-0.3, -0.25) is 4.90 Å². The SMILES string of the molecule is Cc1cc(C)c(C(c2ccc(N(c3cc(-c4ccccc4)nc(-c4ccccc4)n3)c3nc(-c4ccccc4)nc(-c4ccccc4-c4ccccc4)n3)cc2)c2c(C)cc(C)cc2C)c(C)c1. The summed E-state index contributed by atoms with van der Waals surface area (Å²) in [6.45, 7) is 13.4. The van der Waals surface area contributed by atoms with Crippen LogP contribution in [0.2, 0.25) is 0 Å². The summed E-state index contributed by atoms with van der Waals surface area (Å²) in [5.74, 6) is 2.72. The van der Waals surface area contributed by atoms with Crippen LogP contribution < -0.4 is 4.90 Å². The third-order valence-corrected chi connectivity index (χ3v) is 12.7. The second kappa shape index (κ2) is 18.9. The van der Waals surface area contributed by atoms with Gasteiger partial charge in [0.2, 0.25) is 5.95 Å². The molecule has 6 nitrogen and oxygen atoms in total. The molecule has 0 fully saturated rings. The number of aryl methyl sites for hydroxylation is 6. The Bertz CT molecular complexity index is 3230. The smallest absolute Gasteiger partial charge is 0.239 e. The van der Waals surface area contributed by atoms with Crippen molar-refractivity contribution in [3.63, 3.8) is 0 Å². The summed E-state index contributed by atoms with van der Waals surface area (Å²) in [6.07, 6.45) is 0. The average Bonchev–Trinajstić information content (AvgIpc) is 3.36. The molecule has 0 aliphatic carbocycles. The summed E-state index contributed by atoms with van der Waals surface area (Å²) >= 11 is 0. The van der Waals surface area contributed by atoms with Gasteiger partial charge in [-0.05, 0) is 104 Å². The molecule has 68 heavy (non-hydrogen) atoms. The molecule has 0 aliphatic rings. The van der Waals surface area contributed by atoms with Gasteiger partial charge in [-0.2, -0.15) is 9.97 Å². The van der Waals surface area contributed by atoms with Gasteiger partial charge in [0.15, 0.2) is 17.5 Å². The van der Waals surface area contributed by atoms with Crippen LogP contribution in [0.4, 0.5) is 17.5 Å². The second-order valence-electron chi connectivity index (χ2n) is 17.7. The van der Waals surface area contributed by atoms with Gasteiger partial charge >= 0.3 is 0 Å². The van der Waals surface area contributed by atoms with Gasteiger partial charge in [-0.1, -0.05) is 193 Å². The highest BCUT2D eigenvalue weighted by Crippen LogP contribution is 2.43. The van der Waals surface area contributed by atoms with Crippen LogP contribution in [0.15, 0.2) is 200 Å².